The van der Waals surface area contributed by atoms with Gasteiger partial charge in [-0.3, -0.25) is 9.59 Å². The molecule has 2 aromatic rings. The molecule has 7 heteroatoms. The van der Waals surface area contributed by atoms with Gasteiger partial charge in [0.15, 0.2) is 0 Å². The van der Waals surface area contributed by atoms with Crippen LogP contribution in [0.1, 0.15) is 54.6 Å². The summed E-state index contributed by atoms with van der Waals surface area (Å²) in [6.07, 6.45) is 6.49. The SMILES string of the molecule is O=C(c1cscn1)N1CCC2(CCCCCc3ccccc3OCCNC2=O)CC1. The fraction of sp³-hybridized carbons (Fsp3) is 0.522. The van der Waals surface area contributed by atoms with E-state index in [2.05, 4.69) is 22.4 Å². The molecule has 3 heterocycles. The summed E-state index contributed by atoms with van der Waals surface area (Å²) in [5, 5.41) is 4.89. The molecule has 1 aromatic heterocycles. The molecule has 2 amide bonds. The number of para-hydroxylation sites is 1. The van der Waals surface area contributed by atoms with Crippen LogP contribution in [0, 0.1) is 5.41 Å². The zero-order valence-electron chi connectivity index (χ0n) is 17.3. The van der Waals surface area contributed by atoms with Crippen LogP contribution in [0.3, 0.4) is 0 Å². The highest BCUT2D eigenvalue weighted by atomic mass is 32.1. The normalized spacial score (nSPS) is 20.1. The van der Waals surface area contributed by atoms with E-state index in [9.17, 15) is 9.59 Å². The summed E-state index contributed by atoms with van der Waals surface area (Å²) < 4.78 is 5.94. The maximum Gasteiger partial charge on any atom is 0.273 e. The van der Waals surface area contributed by atoms with Gasteiger partial charge in [0.1, 0.15) is 18.1 Å². The highest BCUT2D eigenvalue weighted by Crippen LogP contribution is 2.38. The summed E-state index contributed by atoms with van der Waals surface area (Å²) in [6.45, 7) is 2.17. The number of ether oxygens (including phenoxy) is 1. The average Bonchev–Trinajstić information content (AvgIpc) is 3.31. The first kappa shape index (κ1) is 20.8. The van der Waals surface area contributed by atoms with Gasteiger partial charge in [0.05, 0.1) is 17.5 Å². The second-order valence-corrected chi connectivity index (χ2v) is 8.94. The summed E-state index contributed by atoms with van der Waals surface area (Å²) in [5.74, 6) is 1.01. The Labute approximate surface area is 181 Å². The van der Waals surface area contributed by atoms with Crippen molar-refractivity contribution in [2.24, 2.45) is 5.41 Å². The molecule has 0 saturated carbocycles. The van der Waals surface area contributed by atoms with Crippen molar-refractivity contribution in [1.29, 1.82) is 0 Å². The van der Waals surface area contributed by atoms with Gasteiger partial charge in [-0.2, -0.15) is 0 Å². The lowest BCUT2D eigenvalue weighted by atomic mass is 9.73. The molecule has 1 N–H and O–H groups in total. The van der Waals surface area contributed by atoms with Crippen LogP contribution in [0.4, 0.5) is 0 Å². The Kier molecular flexibility index (Phi) is 6.67. The molecule has 0 aliphatic carbocycles. The molecule has 0 unspecified atom stereocenters. The molecule has 2 aliphatic rings. The molecule has 1 aromatic carbocycles. The van der Waals surface area contributed by atoms with E-state index >= 15 is 0 Å². The van der Waals surface area contributed by atoms with E-state index in [-0.39, 0.29) is 17.2 Å². The van der Waals surface area contributed by atoms with Crippen LogP contribution >= 0.6 is 11.3 Å². The minimum absolute atomic E-state index is 0.0256. The van der Waals surface area contributed by atoms with E-state index in [0.717, 1.165) is 37.9 Å². The molecule has 1 fully saturated rings. The van der Waals surface area contributed by atoms with Gasteiger partial charge in [-0.25, -0.2) is 4.98 Å². The molecule has 2 aliphatic heterocycles. The number of benzene rings is 1. The van der Waals surface area contributed by atoms with E-state index in [0.29, 0.717) is 44.8 Å². The predicted molar refractivity (Wildman–Crippen MR) is 117 cm³/mol. The molecular weight excluding hydrogens is 398 g/mol. The van der Waals surface area contributed by atoms with Crippen molar-refractivity contribution in [2.75, 3.05) is 26.2 Å². The third-order valence-electron chi connectivity index (χ3n) is 6.36. The van der Waals surface area contributed by atoms with Gasteiger partial charge in [-0.15, -0.1) is 11.3 Å². The number of carbonyl (C=O) groups excluding carboxylic acids is 2. The van der Waals surface area contributed by atoms with Crippen LogP contribution in [-0.2, 0) is 11.2 Å². The minimum Gasteiger partial charge on any atom is -0.491 e. The lowest BCUT2D eigenvalue weighted by molar-refractivity contribution is -0.134. The number of hydrogen-bond acceptors (Lipinski definition) is 5. The van der Waals surface area contributed by atoms with Gasteiger partial charge in [0.2, 0.25) is 5.91 Å². The predicted octanol–water partition coefficient (Wildman–Crippen LogP) is 3.68. The third kappa shape index (κ3) is 4.67. The van der Waals surface area contributed by atoms with E-state index < -0.39 is 0 Å². The Hall–Kier alpha value is -2.41. The fourth-order valence-electron chi connectivity index (χ4n) is 4.53. The van der Waals surface area contributed by atoms with Crippen LogP contribution in [-0.4, -0.2) is 47.9 Å². The van der Waals surface area contributed by atoms with E-state index in [1.807, 2.05) is 17.0 Å². The third-order valence-corrected chi connectivity index (χ3v) is 6.95. The van der Waals surface area contributed by atoms with Crippen molar-refractivity contribution < 1.29 is 14.3 Å². The molecule has 4 rings (SSSR count). The molecule has 0 atom stereocenters. The summed E-state index contributed by atoms with van der Waals surface area (Å²) >= 11 is 1.43. The maximum absolute atomic E-state index is 13.2. The van der Waals surface area contributed by atoms with Gasteiger partial charge in [0, 0.05) is 18.5 Å². The molecule has 0 bridgehead atoms. The molecule has 1 spiro atoms. The molecule has 160 valence electrons. The van der Waals surface area contributed by atoms with Crippen molar-refractivity contribution in [3.63, 3.8) is 0 Å². The Morgan fingerprint density at radius 3 is 2.77 bits per heavy atom. The minimum atomic E-state index is -0.389. The van der Waals surface area contributed by atoms with Crippen molar-refractivity contribution >= 4 is 23.2 Å². The highest BCUT2D eigenvalue weighted by Gasteiger charge is 2.41. The van der Waals surface area contributed by atoms with Gasteiger partial charge in [-0.1, -0.05) is 31.0 Å². The van der Waals surface area contributed by atoms with Gasteiger partial charge in [-0.05, 0) is 43.7 Å². The Morgan fingerprint density at radius 2 is 1.97 bits per heavy atom. The quantitative estimate of drug-likeness (QED) is 0.754. The Balaban J connectivity index is 1.40. The van der Waals surface area contributed by atoms with Crippen molar-refractivity contribution in [3.8, 4) is 5.75 Å². The number of aromatic nitrogens is 1. The maximum atomic E-state index is 13.2. The van der Waals surface area contributed by atoms with Crippen LogP contribution < -0.4 is 10.1 Å². The molecule has 0 radical (unpaired) electrons. The number of piperidine rings is 1. The second kappa shape index (κ2) is 9.60. The number of fused-ring (bicyclic) bond motifs is 1. The summed E-state index contributed by atoms with van der Waals surface area (Å²) in [6, 6.07) is 8.18. The number of likely N-dealkylation sites (tertiary alicyclic amines) is 1. The zero-order valence-corrected chi connectivity index (χ0v) is 18.1. The Morgan fingerprint density at radius 1 is 1.13 bits per heavy atom. The monoisotopic (exact) mass is 427 g/mol. The van der Waals surface area contributed by atoms with Crippen LogP contribution in [0.2, 0.25) is 0 Å². The smallest absolute Gasteiger partial charge is 0.273 e. The van der Waals surface area contributed by atoms with Gasteiger partial charge < -0.3 is 15.0 Å². The highest BCUT2D eigenvalue weighted by molar-refractivity contribution is 7.07. The van der Waals surface area contributed by atoms with Crippen LogP contribution in [0.15, 0.2) is 35.2 Å². The number of hydrogen-bond donors (Lipinski definition) is 1. The van der Waals surface area contributed by atoms with Crippen molar-refractivity contribution in [2.45, 2.75) is 44.9 Å². The lowest BCUT2D eigenvalue weighted by Crippen LogP contribution is -2.50. The molecular formula is C23H29N3O3S. The van der Waals surface area contributed by atoms with Crippen LogP contribution in [0.5, 0.6) is 5.75 Å². The number of nitrogens with one attached hydrogen (secondary N) is 1. The van der Waals surface area contributed by atoms with E-state index in [1.165, 1.54) is 16.9 Å². The first-order valence-corrected chi connectivity index (χ1v) is 11.8. The Bertz CT molecular complexity index is 860. The second-order valence-electron chi connectivity index (χ2n) is 8.22. The lowest BCUT2D eigenvalue weighted by Gasteiger charge is -2.40. The van der Waals surface area contributed by atoms with Crippen molar-refractivity contribution in [1.82, 2.24) is 15.2 Å². The first-order valence-electron chi connectivity index (χ1n) is 10.8. The number of thiazole rings is 1. The largest absolute Gasteiger partial charge is 0.491 e. The first-order chi connectivity index (χ1) is 14.7. The summed E-state index contributed by atoms with van der Waals surface area (Å²) in [7, 11) is 0. The number of nitrogens with zero attached hydrogens (tertiary/aromatic N) is 2. The summed E-state index contributed by atoms with van der Waals surface area (Å²) in [4.78, 5) is 31.8. The van der Waals surface area contributed by atoms with Crippen LogP contribution in [0.25, 0.3) is 0 Å². The van der Waals surface area contributed by atoms with Crippen molar-refractivity contribution in [3.05, 3.63) is 46.4 Å². The zero-order chi connectivity index (χ0) is 20.8. The average molecular weight is 428 g/mol. The summed E-state index contributed by atoms with van der Waals surface area (Å²) in [5.41, 5.74) is 3.04. The number of aryl methyl sites for hydroxylation is 1. The standard InChI is InChI=1S/C23H29N3O3S/c27-21(19-16-30-17-25-19)26-13-10-23(11-14-26)9-5-1-2-6-18-7-3-4-8-20(18)29-15-12-24-22(23)28/h3-4,7-8,16-17H,1-2,5-6,9-15H2,(H,24,28). The molecule has 6 nitrogen and oxygen atoms in total. The molecule has 30 heavy (non-hydrogen) atoms. The van der Waals surface area contributed by atoms with Gasteiger partial charge >= 0.3 is 0 Å². The number of rotatable bonds is 1. The molecule has 1 saturated heterocycles. The fourth-order valence-corrected chi connectivity index (χ4v) is 5.05. The van der Waals surface area contributed by atoms with E-state index in [4.69, 9.17) is 4.74 Å². The number of carbonyl (C=O) groups is 2. The number of amides is 2. The topological polar surface area (TPSA) is 71.5 Å². The van der Waals surface area contributed by atoms with E-state index in [1.54, 1.807) is 10.9 Å². The van der Waals surface area contributed by atoms with Gasteiger partial charge in [0.25, 0.3) is 5.91 Å².